The van der Waals surface area contributed by atoms with E-state index in [1.54, 1.807) is 0 Å². The van der Waals surface area contributed by atoms with E-state index in [1.807, 2.05) is 0 Å². The normalized spacial score (nSPS) is 13.2. The summed E-state index contributed by atoms with van der Waals surface area (Å²) < 4.78 is 14.8. The highest BCUT2D eigenvalue weighted by atomic mass is 15.0. The van der Waals surface area contributed by atoms with E-state index in [2.05, 4.69) is 470 Å². The molecule has 6 nitrogen and oxygen atoms in total. The Morgan fingerprint density at radius 1 is 0.188 bits per heavy atom. The first-order valence-electron chi connectivity index (χ1n) is 50.2. The zero-order valence-electron chi connectivity index (χ0n) is 81.8. The molecule has 6 aromatic heterocycles. The molecule has 6 heteroatoms. The van der Waals surface area contributed by atoms with Gasteiger partial charge >= 0.3 is 0 Å². The van der Waals surface area contributed by atoms with Gasteiger partial charge in [-0.25, -0.2) is 0 Å². The molecule has 18 aromatic carbocycles. The van der Waals surface area contributed by atoms with Crippen molar-refractivity contribution in [1.29, 1.82) is 0 Å². The maximum atomic E-state index is 2.53. The van der Waals surface area contributed by atoms with Crippen molar-refractivity contribution in [2.45, 2.75) is 160 Å². The van der Waals surface area contributed by atoms with Crippen molar-refractivity contribution in [2.75, 3.05) is 0 Å². The molecule has 0 saturated heterocycles. The summed E-state index contributed by atoms with van der Waals surface area (Å²) in [6.07, 6.45) is 7.75. The van der Waals surface area contributed by atoms with Gasteiger partial charge < -0.3 is 27.4 Å². The molecule has 3 unspecified atom stereocenters. The Hall–Kier alpha value is -15.2. The van der Waals surface area contributed by atoms with E-state index in [0.29, 0.717) is 17.8 Å². The number of fused-ring (bicyclic) bond motifs is 18. The van der Waals surface area contributed by atoms with E-state index >= 15 is 0 Å². The fourth-order valence-electron chi connectivity index (χ4n) is 24.6. The molecular formula is C132H116N6. The number of aryl methyl sites for hydroxylation is 12. The average Bonchev–Trinajstić information content (AvgIpc) is 1.53. The lowest BCUT2D eigenvalue weighted by atomic mass is 9.75. The van der Waals surface area contributed by atoms with Crippen LogP contribution in [0.5, 0.6) is 0 Å². The zero-order valence-corrected chi connectivity index (χ0v) is 81.8. The fraction of sp³-hybridized carbons (Fsp3) is 0.182. The Balaban J connectivity index is 0.000000113. The van der Waals surface area contributed by atoms with Crippen LogP contribution in [0.4, 0.5) is 0 Å². The van der Waals surface area contributed by atoms with Crippen molar-refractivity contribution < 1.29 is 0 Å². The molecule has 0 radical (unpaired) electrons. The van der Waals surface area contributed by atoms with E-state index in [1.165, 1.54) is 282 Å². The number of aromatic nitrogens is 6. The molecule has 6 heterocycles. The lowest BCUT2D eigenvalue weighted by Crippen LogP contribution is -2.16. The summed E-state index contributed by atoms with van der Waals surface area (Å²) in [5.74, 6) is 1.65. The molecule has 0 spiro atoms. The Morgan fingerprint density at radius 2 is 0.377 bits per heavy atom. The van der Waals surface area contributed by atoms with Crippen molar-refractivity contribution in [2.24, 2.45) is 0 Å². The SMILES string of the molecule is CCC(C)c1ccc2c(c1)c1ccccc1n2-c1c(C)cc(-c2cc(C)c(-n3c4ccccc4c4ccccc43)c(C)c2)cc1C.CCC(C)c1ccc2c(c1)c1ccccc1n2-c1cc(C)c(-c2c(C)cc(-n3c4ccccc4c4ccccc43)cc2C)c(C)c1.CCC(C)c1ccc2c(c1)c1ccccc1n2-c1cc2c3c(c1)CCc1cc(-n4c5ccccc5c5ccccc54)cc(c1-3)CC2. The molecule has 24 aromatic rings. The minimum absolute atomic E-state index is 0.544. The maximum absolute atomic E-state index is 2.53. The first kappa shape index (κ1) is 85.7. The number of nitrogens with zero attached hydrogens (tertiary/aromatic N) is 6. The van der Waals surface area contributed by atoms with E-state index < -0.39 is 0 Å². The predicted molar refractivity (Wildman–Crippen MR) is 590 cm³/mol. The minimum atomic E-state index is 0.544. The lowest BCUT2D eigenvalue weighted by molar-refractivity contribution is 0.735. The number of hydrogen-bond donors (Lipinski definition) is 0. The molecule has 674 valence electrons. The molecule has 2 aliphatic carbocycles. The van der Waals surface area contributed by atoms with E-state index in [4.69, 9.17) is 0 Å². The molecule has 26 rings (SSSR count). The van der Waals surface area contributed by atoms with Crippen LogP contribution in [0.2, 0.25) is 0 Å². The van der Waals surface area contributed by atoms with Crippen LogP contribution in [0, 0.1) is 55.4 Å². The van der Waals surface area contributed by atoms with Crippen molar-refractivity contribution >= 4 is 131 Å². The van der Waals surface area contributed by atoms with Crippen LogP contribution in [0.25, 0.3) is 198 Å². The largest absolute Gasteiger partial charge is 0.309 e. The van der Waals surface area contributed by atoms with Gasteiger partial charge in [-0.2, -0.15) is 0 Å². The van der Waals surface area contributed by atoms with Crippen molar-refractivity contribution in [3.05, 3.63) is 429 Å². The summed E-state index contributed by atoms with van der Waals surface area (Å²) in [4.78, 5) is 0. The first-order chi connectivity index (χ1) is 67.4. The summed E-state index contributed by atoms with van der Waals surface area (Å²) in [6, 6.07) is 130. The molecule has 0 fully saturated rings. The van der Waals surface area contributed by atoms with Gasteiger partial charge in [-0.1, -0.05) is 224 Å². The molecule has 0 N–H and O–H groups in total. The molecule has 0 amide bonds. The van der Waals surface area contributed by atoms with Gasteiger partial charge in [0.1, 0.15) is 0 Å². The maximum Gasteiger partial charge on any atom is 0.0541 e. The van der Waals surface area contributed by atoms with Crippen LogP contribution in [0.3, 0.4) is 0 Å². The standard InChI is InChI=1S/C44H36N2.2C44H40N2/c1-3-27(2)28-20-21-42-38(26-28)37-12-6-9-15-41(37)46(42)34-24-31-18-16-29-22-33(23-30-17-19-32(25-34)44(31)43(29)30)45-39-13-7-4-10-35(39)36-11-5-8-14-40(36)45;1-7-27(2)32-20-21-42-38(26-32)37-16-10-13-19-41(37)46(42)34-24-30(5)44(31(6)25-34)43-28(3)22-33(23-29(43)4)45-39-17-11-8-14-35(39)36-15-9-12-18-40(36)45;1-7-27(2)32-20-21-42-38(26-32)37-16-10-13-19-41(37)46(42)44-30(5)24-34(25-31(44)6)33-22-28(3)43(29(4)23-33)45-39-17-11-8-14-35(39)36-15-9-12-18-40(36)45/h4-15,20-27H,3,16-19H2,1-2H3;2*8-27H,7H2,1-6H3. The van der Waals surface area contributed by atoms with E-state index in [9.17, 15) is 0 Å². The van der Waals surface area contributed by atoms with Crippen LogP contribution in [0.1, 0.15) is 162 Å². The Kier molecular flexibility index (Phi) is 21.1. The second-order valence-electron chi connectivity index (χ2n) is 40.0. The van der Waals surface area contributed by atoms with Crippen molar-refractivity contribution in [1.82, 2.24) is 27.4 Å². The first-order valence-corrected chi connectivity index (χ1v) is 50.2. The average molecular weight is 1790 g/mol. The van der Waals surface area contributed by atoms with Gasteiger partial charge in [-0.05, 0) is 399 Å². The van der Waals surface area contributed by atoms with Crippen molar-refractivity contribution in [3.8, 4) is 67.5 Å². The Bertz CT molecular complexity index is 8840. The highest BCUT2D eigenvalue weighted by molar-refractivity contribution is 6.15. The molecule has 0 bridgehead atoms. The summed E-state index contributed by atoms with van der Waals surface area (Å²) in [7, 11) is 0. The van der Waals surface area contributed by atoms with Gasteiger partial charge in [0.25, 0.3) is 0 Å². The number of para-hydroxylation sites is 9. The summed E-state index contributed by atoms with van der Waals surface area (Å²) in [5.41, 5.74) is 51.7. The predicted octanol–water partition coefficient (Wildman–Crippen LogP) is 35.8. The van der Waals surface area contributed by atoms with Gasteiger partial charge in [0.2, 0.25) is 0 Å². The lowest BCUT2D eigenvalue weighted by Gasteiger charge is -2.31. The molecular weight excluding hydrogens is 1670 g/mol. The van der Waals surface area contributed by atoms with Crippen LogP contribution in [0.15, 0.2) is 346 Å². The number of benzene rings is 18. The highest BCUT2D eigenvalue weighted by Gasteiger charge is 2.31. The van der Waals surface area contributed by atoms with Gasteiger partial charge in [-0.15, -0.1) is 0 Å². The van der Waals surface area contributed by atoms with Gasteiger partial charge in [0.15, 0.2) is 0 Å². The smallest absolute Gasteiger partial charge is 0.0541 e. The van der Waals surface area contributed by atoms with Crippen molar-refractivity contribution in [3.63, 3.8) is 0 Å². The van der Waals surface area contributed by atoms with Crippen LogP contribution >= 0.6 is 0 Å². The monoisotopic (exact) mass is 1780 g/mol. The molecule has 0 aliphatic heterocycles. The molecule has 138 heavy (non-hydrogen) atoms. The summed E-state index contributed by atoms with van der Waals surface area (Å²) in [6.45, 7) is 32.0. The van der Waals surface area contributed by atoms with Gasteiger partial charge in [-0.3, -0.25) is 0 Å². The summed E-state index contributed by atoms with van der Waals surface area (Å²) in [5, 5.41) is 15.8. The number of hydrogen-bond acceptors (Lipinski definition) is 0. The second-order valence-corrected chi connectivity index (χ2v) is 40.0. The number of rotatable bonds is 14. The third kappa shape index (κ3) is 13.8. The fourth-order valence-corrected chi connectivity index (χ4v) is 24.6. The topological polar surface area (TPSA) is 29.6 Å². The molecule has 3 atom stereocenters. The zero-order chi connectivity index (χ0) is 93.9. The molecule has 0 saturated carbocycles. The van der Waals surface area contributed by atoms with Crippen LogP contribution in [-0.4, -0.2) is 27.4 Å². The summed E-state index contributed by atoms with van der Waals surface area (Å²) >= 11 is 0. The Morgan fingerprint density at radius 3 is 0.601 bits per heavy atom. The van der Waals surface area contributed by atoms with E-state index in [0.717, 1.165) is 44.9 Å². The van der Waals surface area contributed by atoms with Gasteiger partial charge in [0, 0.05) is 87.4 Å². The van der Waals surface area contributed by atoms with Crippen LogP contribution < -0.4 is 0 Å². The Labute approximate surface area is 809 Å². The van der Waals surface area contributed by atoms with E-state index in [-0.39, 0.29) is 0 Å². The third-order valence-corrected chi connectivity index (χ3v) is 31.6. The second kappa shape index (κ2) is 33.9. The quantitative estimate of drug-likeness (QED) is 0.104. The third-order valence-electron chi connectivity index (χ3n) is 31.6. The minimum Gasteiger partial charge on any atom is -0.309 e. The van der Waals surface area contributed by atoms with Crippen LogP contribution in [-0.2, 0) is 25.7 Å². The van der Waals surface area contributed by atoms with Gasteiger partial charge in [0.05, 0.1) is 77.6 Å². The highest BCUT2D eigenvalue weighted by Crippen LogP contribution is 2.50. The molecule has 2 aliphatic rings.